The van der Waals surface area contributed by atoms with E-state index in [2.05, 4.69) is 15.3 Å². The maximum Gasteiger partial charge on any atom is 0.276 e. The lowest BCUT2D eigenvalue weighted by molar-refractivity contribution is 0.102. The summed E-state index contributed by atoms with van der Waals surface area (Å²) < 4.78 is 18.4. The largest absolute Gasteiger partial charge is 0.496 e. The molecule has 0 aliphatic heterocycles. The second kappa shape index (κ2) is 7.87. The SMILES string of the molecule is COc1ccccc1-c1nc(C(=O)Nc2nc(-c3ccc(F)cc3)cs2)cs1. The van der Waals surface area contributed by atoms with Crippen LogP contribution in [0.1, 0.15) is 10.5 Å². The van der Waals surface area contributed by atoms with Crippen molar-refractivity contribution in [2.75, 3.05) is 12.4 Å². The zero-order chi connectivity index (χ0) is 19.5. The molecule has 0 fully saturated rings. The lowest BCUT2D eigenvalue weighted by Crippen LogP contribution is -2.12. The van der Waals surface area contributed by atoms with Gasteiger partial charge in [0.15, 0.2) is 5.13 Å². The fourth-order valence-electron chi connectivity index (χ4n) is 2.57. The third-order valence-electron chi connectivity index (χ3n) is 3.94. The van der Waals surface area contributed by atoms with Crippen LogP contribution >= 0.6 is 22.7 Å². The molecule has 8 heteroatoms. The van der Waals surface area contributed by atoms with Crippen LogP contribution in [0.2, 0.25) is 0 Å². The van der Waals surface area contributed by atoms with Crippen molar-refractivity contribution in [1.29, 1.82) is 0 Å². The maximum atomic E-state index is 13.1. The number of nitrogens with zero attached hydrogens (tertiary/aromatic N) is 2. The van der Waals surface area contributed by atoms with Crippen LogP contribution in [0, 0.1) is 5.82 Å². The normalized spacial score (nSPS) is 10.6. The first kappa shape index (κ1) is 18.3. The Labute approximate surface area is 168 Å². The molecule has 4 aromatic rings. The summed E-state index contributed by atoms with van der Waals surface area (Å²) in [5.41, 5.74) is 2.60. The fraction of sp³-hybridized carbons (Fsp3) is 0.0500. The minimum atomic E-state index is -0.336. The summed E-state index contributed by atoms with van der Waals surface area (Å²) >= 11 is 2.67. The number of benzene rings is 2. The molecule has 0 saturated heterocycles. The molecule has 0 radical (unpaired) electrons. The molecule has 1 N–H and O–H groups in total. The molecule has 5 nitrogen and oxygen atoms in total. The standard InChI is InChI=1S/C20H14FN3O2S2/c1-26-17-5-3-2-4-14(17)19-22-16(11-27-19)18(25)24-20-23-15(10-28-20)12-6-8-13(21)9-7-12/h2-11H,1H3,(H,23,24,25). The van der Waals surface area contributed by atoms with E-state index >= 15 is 0 Å². The summed E-state index contributed by atoms with van der Waals surface area (Å²) in [6.45, 7) is 0. The summed E-state index contributed by atoms with van der Waals surface area (Å²) in [7, 11) is 1.60. The predicted octanol–water partition coefficient (Wildman–Crippen LogP) is 5.33. The fourth-order valence-corrected chi connectivity index (χ4v) is 4.11. The number of anilines is 1. The van der Waals surface area contributed by atoms with Gasteiger partial charge < -0.3 is 4.74 Å². The van der Waals surface area contributed by atoms with Crippen LogP contribution in [0.15, 0.2) is 59.3 Å². The number of aromatic nitrogens is 2. The van der Waals surface area contributed by atoms with Gasteiger partial charge >= 0.3 is 0 Å². The summed E-state index contributed by atoms with van der Waals surface area (Å²) in [6, 6.07) is 13.6. The number of hydrogen-bond acceptors (Lipinski definition) is 6. The van der Waals surface area contributed by atoms with Gasteiger partial charge in [-0.1, -0.05) is 12.1 Å². The smallest absolute Gasteiger partial charge is 0.276 e. The van der Waals surface area contributed by atoms with E-state index in [0.29, 0.717) is 27.3 Å². The van der Waals surface area contributed by atoms with Gasteiger partial charge in [-0.3, -0.25) is 10.1 Å². The molecule has 2 aromatic heterocycles. The molecule has 0 aliphatic rings. The summed E-state index contributed by atoms with van der Waals surface area (Å²) in [5, 5.41) is 7.43. The first-order valence-corrected chi connectivity index (χ1v) is 10.0. The Balaban J connectivity index is 1.50. The third-order valence-corrected chi connectivity index (χ3v) is 5.57. The number of nitrogens with one attached hydrogen (secondary N) is 1. The summed E-state index contributed by atoms with van der Waals surface area (Å²) in [5.74, 6) is 0.0620. The van der Waals surface area contributed by atoms with Gasteiger partial charge in [0.25, 0.3) is 5.91 Å². The van der Waals surface area contributed by atoms with Gasteiger partial charge in [-0.15, -0.1) is 22.7 Å². The van der Waals surface area contributed by atoms with Crippen LogP contribution < -0.4 is 10.1 Å². The second-order valence-electron chi connectivity index (χ2n) is 5.74. The van der Waals surface area contributed by atoms with Crippen molar-refractivity contribution in [3.63, 3.8) is 0 Å². The zero-order valence-corrected chi connectivity index (χ0v) is 16.3. The van der Waals surface area contributed by atoms with Gasteiger partial charge in [-0.25, -0.2) is 14.4 Å². The number of rotatable bonds is 5. The van der Waals surface area contributed by atoms with Crippen molar-refractivity contribution in [1.82, 2.24) is 9.97 Å². The van der Waals surface area contributed by atoms with Crippen molar-refractivity contribution >= 4 is 33.7 Å². The van der Waals surface area contributed by atoms with Crippen molar-refractivity contribution in [3.8, 4) is 27.6 Å². The minimum absolute atomic E-state index is 0.304. The molecule has 0 unspecified atom stereocenters. The van der Waals surface area contributed by atoms with Crippen molar-refractivity contribution in [3.05, 3.63) is 70.8 Å². The van der Waals surface area contributed by atoms with E-state index in [1.54, 1.807) is 24.6 Å². The molecular formula is C20H14FN3O2S2. The Morgan fingerprint density at radius 2 is 1.82 bits per heavy atom. The number of carbonyl (C=O) groups is 1. The number of carbonyl (C=O) groups excluding carboxylic acids is 1. The zero-order valence-electron chi connectivity index (χ0n) is 14.7. The molecule has 140 valence electrons. The Kier molecular flexibility index (Phi) is 5.14. The predicted molar refractivity (Wildman–Crippen MR) is 110 cm³/mol. The molecule has 4 rings (SSSR count). The Morgan fingerprint density at radius 1 is 1.04 bits per heavy atom. The summed E-state index contributed by atoms with van der Waals surface area (Å²) in [6.07, 6.45) is 0. The van der Waals surface area contributed by atoms with Crippen LogP contribution in [-0.2, 0) is 0 Å². The van der Waals surface area contributed by atoms with Crippen molar-refractivity contribution < 1.29 is 13.9 Å². The van der Waals surface area contributed by atoms with Gasteiger partial charge in [-0.2, -0.15) is 0 Å². The molecular weight excluding hydrogens is 397 g/mol. The monoisotopic (exact) mass is 411 g/mol. The number of para-hydroxylation sites is 1. The van der Waals surface area contributed by atoms with Gasteiger partial charge in [0.1, 0.15) is 22.3 Å². The van der Waals surface area contributed by atoms with Gasteiger partial charge in [-0.05, 0) is 36.4 Å². The van der Waals surface area contributed by atoms with Gasteiger partial charge in [0.2, 0.25) is 0 Å². The average molecular weight is 411 g/mol. The van der Waals surface area contributed by atoms with Crippen molar-refractivity contribution in [2.45, 2.75) is 0 Å². The van der Waals surface area contributed by atoms with Crippen molar-refractivity contribution in [2.24, 2.45) is 0 Å². The highest BCUT2D eigenvalue weighted by Crippen LogP contribution is 2.32. The van der Waals surface area contributed by atoms with Crippen LogP contribution in [0.3, 0.4) is 0 Å². The average Bonchev–Trinajstić information content (AvgIpc) is 3.38. The number of methoxy groups -OCH3 is 1. The van der Waals surface area contributed by atoms with Crippen LogP contribution in [0.5, 0.6) is 5.75 Å². The molecule has 0 saturated carbocycles. The maximum absolute atomic E-state index is 13.1. The molecule has 2 aromatic carbocycles. The molecule has 0 bridgehead atoms. The minimum Gasteiger partial charge on any atom is -0.496 e. The molecule has 28 heavy (non-hydrogen) atoms. The second-order valence-corrected chi connectivity index (χ2v) is 7.45. The van der Waals surface area contributed by atoms with E-state index in [4.69, 9.17) is 4.74 Å². The number of thiazole rings is 2. The number of halogens is 1. The number of ether oxygens (including phenoxy) is 1. The highest BCUT2D eigenvalue weighted by Gasteiger charge is 2.16. The Hall–Kier alpha value is -3.10. The van der Waals surface area contributed by atoms with Gasteiger partial charge in [0, 0.05) is 16.3 Å². The molecule has 0 atom stereocenters. The van der Waals surface area contributed by atoms with E-state index in [1.165, 1.54) is 34.8 Å². The van der Waals surface area contributed by atoms with E-state index in [-0.39, 0.29) is 11.7 Å². The van der Waals surface area contributed by atoms with E-state index in [0.717, 1.165) is 11.1 Å². The van der Waals surface area contributed by atoms with Crippen LogP contribution in [0.4, 0.5) is 9.52 Å². The van der Waals surface area contributed by atoms with Gasteiger partial charge in [0.05, 0.1) is 18.4 Å². The number of hydrogen-bond donors (Lipinski definition) is 1. The third kappa shape index (κ3) is 3.78. The van der Waals surface area contributed by atoms with E-state index in [9.17, 15) is 9.18 Å². The summed E-state index contributed by atoms with van der Waals surface area (Å²) in [4.78, 5) is 21.3. The Morgan fingerprint density at radius 3 is 2.61 bits per heavy atom. The highest BCUT2D eigenvalue weighted by atomic mass is 32.1. The molecule has 2 heterocycles. The first-order valence-electron chi connectivity index (χ1n) is 8.26. The molecule has 1 amide bonds. The van der Waals surface area contributed by atoms with Crippen LogP contribution in [0.25, 0.3) is 21.8 Å². The van der Waals surface area contributed by atoms with E-state index < -0.39 is 0 Å². The first-order chi connectivity index (χ1) is 13.6. The lowest BCUT2D eigenvalue weighted by atomic mass is 10.2. The van der Waals surface area contributed by atoms with Crippen LogP contribution in [-0.4, -0.2) is 23.0 Å². The molecule has 0 aliphatic carbocycles. The topological polar surface area (TPSA) is 64.1 Å². The number of amides is 1. The highest BCUT2D eigenvalue weighted by molar-refractivity contribution is 7.14. The quantitative estimate of drug-likeness (QED) is 0.482. The van der Waals surface area contributed by atoms with E-state index in [1.807, 2.05) is 29.6 Å². The molecule has 0 spiro atoms. The Bertz CT molecular complexity index is 1120. The lowest BCUT2D eigenvalue weighted by Gasteiger charge is -2.04.